The van der Waals surface area contributed by atoms with Gasteiger partial charge in [0.25, 0.3) is 0 Å². The molecule has 0 saturated carbocycles. The number of pyridine rings is 2. The predicted octanol–water partition coefficient (Wildman–Crippen LogP) is 12.4. The summed E-state index contributed by atoms with van der Waals surface area (Å²) in [4.78, 5) is 8.97. The smallest absolute Gasteiger partial charge is 0.121 e. The first-order valence-corrected chi connectivity index (χ1v) is 16.5. The molecule has 7 rings (SSSR count). The molecule has 0 aliphatic carbocycles. The van der Waals surface area contributed by atoms with Crippen LogP contribution in [0.5, 0.6) is 0 Å². The van der Waals surface area contributed by atoms with Gasteiger partial charge in [0.2, 0.25) is 0 Å². The molecule has 3 heterocycles. The molecule has 1 radical (unpaired) electrons. The molecule has 0 amide bonds. The van der Waals surface area contributed by atoms with Crippen LogP contribution in [-0.2, 0) is 39.2 Å². The van der Waals surface area contributed by atoms with Gasteiger partial charge in [-0.25, -0.2) is 0 Å². The summed E-state index contributed by atoms with van der Waals surface area (Å²) in [5, 5.41) is 4.42. The summed E-state index contributed by atoms with van der Waals surface area (Å²) < 4.78 is 58.3. The van der Waals surface area contributed by atoms with Gasteiger partial charge in [0.1, 0.15) is 5.58 Å². The fourth-order valence-electron chi connectivity index (χ4n) is 5.80. The molecule has 0 bridgehead atoms. The number of nitrogens with zero attached hydrogens (tertiary/aromatic N) is 2. The Hall–Kier alpha value is -3.85. The fraction of sp³-hybridized carbons (Fsp3) is 0.333. The third-order valence-electron chi connectivity index (χ3n) is 7.52. The molecule has 255 valence electrons. The van der Waals surface area contributed by atoms with Crippen molar-refractivity contribution in [1.82, 2.24) is 9.97 Å². The van der Waals surface area contributed by atoms with Gasteiger partial charge < -0.3 is 14.4 Å². The van der Waals surface area contributed by atoms with E-state index in [1.54, 1.807) is 24.4 Å². The van der Waals surface area contributed by atoms with E-state index < -0.39 is 35.4 Å². The summed E-state index contributed by atoms with van der Waals surface area (Å²) in [6.45, 7) is 16.7. The van der Waals surface area contributed by atoms with Gasteiger partial charge in [-0.3, -0.25) is 0 Å². The van der Waals surface area contributed by atoms with Crippen molar-refractivity contribution in [2.24, 2.45) is 16.2 Å². The van der Waals surface area contributed by atoms with Gasteiger partial charge in [-0.2, -0.15) is 0 Å². The summed E-state index contributed by atoms with van der Waals surface area (Å²) in [5.41, 5.74) is 3.75. The second-order valence-corrected chi connectivity index (χ2v) is 15.4. The Balaban J connectivity index is 0.000000208. The third-order valence-corrected chi connectivity index (χ3v) is 7.52. The van der Waals surface area contributed by atoms with Gasteiger partial charge in [-0.15, -0.1) is 48.0 Å². The summed E-state index contributed by atoms with van der Waals surface area (Å²) in [6.07, 6.45) is -1.78. The van der Waals surface area contributed by atoms with E-state index in [1.807, 2.05) is 105 Å². The van der Waals surface area contributed by atoms with Gasteiger partial charge in [-0.1, -0.05) is 115 Å². The van der Waals surface area contributed by atoms with Crippen LogP contribution < -0.4 is 0 Å². The molecule has 49 heavy (non-hydrogen) atoms. The second-order valence-electron chi connectivity index (χ2n) is 15.4. The topological polar surface area (TPSA) is 38.9 Å². The standard InChI is InChI=1S/C24H20NO.C21H28N.Ir/c1-24(2,3)14-15-11-12-25-19(13-15)18-10-9-17-8-7-16-5-4-6-20-21(16)22(17)23(18)26-20;1-20(2,3)13-17-12-19(16-10-8-7-9-11-16)22-15-18(17)14-21(4,5)6;/h4-9,11-13H,14H2,1-3H3;7-10,12,15H,13-14H2,1-6H3;/q2*-1;/i14D2;13D2,14D2;. The Morgan fingerprint density at radius 1 is 0.673 bits per heavy atom. The van der Waals surface area contributed by atoms with Crippen molar-refractivity contribution in [3.8, 4) is 22.5 Å². The summed E-state index contributed by atoms with van der Waals surface area (Å²) >= 11 is 0. The Labute approximate surface area is 314 Å². The second kappa shape index (κ2) is 14.2. The van der Waals surface area contributed by atoms with Crippen LogP contribution in [0.1, 0.15) is 87.2 Å². The maximum atomic E-state index is 8.77. The minimum absolute atomic E-state index is 0. The van der Waals surface area contributed by atoms with E-state index in [-0.39, 0.29) is 20.1 Å². The molecule has 4 aromatic carbocycles. The summed E-state index contributed by atoms with van der Waals surface area (Å²) in [7, 11) is 0. The number of aromatic nitrogens is 2. The van der Waals surface area contributed by atoms with Crippen LogP contribution in [0.25, 0.3) is 55.2 Å². The SMILES string of the molecule is [2H]C([2H])(c1ccnc(-c2[c-]cc3ccc4cccc5oc2c3c45)c1)C(C)(C)C.[2H]C([2H])(c1cnc(-c2[c-]cccc2)cc1C([2H])([2H])C(C)(C)C)C(C)(C)C.[Ir]. The zero-order chi connectivity index (χ0) is 39.6. The van der Waals surface area contributed by atoms with E-state index in [1.165, 1.54) is 6.20 Å². The predicted molar refractivity (Wildman–Crippen MR) is 202 cm³/mol. The minimum atomic E-state index is -1.73. The molecule has 0 N–H and O–H groups in total. The molecule has 0 spiro atoms. The zero-order valence-electron chi connectivity index (χ0n) is 35.8. The van der Waals surface area contributed by atoms with E-state index in [2.05, 4.69) is 40.3 Å². The molecular weight excluding hydrogens is 777 g/mol. The van der Waals surface area contributed by atoms with Crippen LogP contribution >= 0.6 is 0 Å². The Kier molecular flexibility index (Phi) is 8.37. The monoisotopic (exact) mass is 831 g/mol. The van der Waals surface area contributed by atoms with Crippen molar-refractivity contribution in [2.75, 3.05) is 0 Å². The number of benzene rings is 4. The van der Waals surface area contributed by atoms with Crippen LogP contribution in [-0.4, -0.2) is 9.97 Å². The summed E-state index contributed by atoms with van der Waals surface area (Å²) in [5.74, 6) is 0. The molecule has 0 fully saturated rings. The maximum Gasteiger partial charge on any atom is 0.121 e. The van der Waals surface area contributed by atoms with Crippen molar-refractivity contribution < 1.29 is 32.7 Å². The Bertz CT molecular complexity index is 2440. The first kappa shape index (κ1) is 28.9. The fourth-order valence-corrected chi connectivity index (χ4v) is 5.80. The first-order valence-electron chi connectivity index (χ1n) is 19.5. The Morgan fingerprint density at radius 3 is 2.08 bits per heavy atom. The normalized spacial score (nSPS) is 15.0. The van der Waals surface area contributed by atoms with E-state index in [9.17, 15) is 0 Å². The van der Waals surface area contributed by atoms with Crippen molar-refractivity contribution in [1.29, 1.82) is 0 Å². The third kappa shape index (κ3) is 8.85. The van der Waals surface area contributed by atoms with Crippen LogP contribution in [0.15, 0.2) is 95.7 Å². The van der Waals surface area contributed by atoms with Crippen molar-refractivity contribution in [3.63, 3.8) is 0 Å². The maximum absolute atomic E-state index is 8.77. The molecule has 7 aromatic rings. The van der Waals surface area contributed by atoms with Gasteiger partial charge >= 0.3 is 0 Å². The molecule has 0 aliphatic heterocycles. The summed E-state index contributed by atoms with van der Waals surface area (Å²) in [6, 6.07) is 31.3. The molecule has 3 aromatic heterocycles. The molecule has 3 nitrogen and oxygen atoms in total. The van der Waals surface area contributed by atoms with Crippen molar-refractivity contribution in [2.45, 2.75) is 81.4 Å². The average molecular weight is 831 g/mol. The zero-order valence-corrected chi connectivity index (χ0v) is 32.2. The number of rotatable bonds is 5. The first-order chi connectivity index (χ1) is 25.0. The average Bonchev–Trinajstić information content (AvgIpc) is 3.50. The quantitative estimate of drug-likeness (QED) is 0.128. The molecule has 0 aliphatic rings. The van der Waals surface area contributed by atoms with Gasteiger partial charge in [-0.05, 0) is 80.8 Å². The van der Waals surface area contributed by atoms with Crippen LogP contribution in [0, 0.1) is 28.4 Å². The molecule has 0 saturated heterocycles. The molecule has 0 unspecified atom stereocenters. The van der Waals surface area contributed by atoms with E-state index in [4.69, 9.17) is 12.6 Å². The number of hydrogen-bond acceptors (Lipinski definition) is 3. The van der Waals surface area contributed by atoms with Crippen LogP contribution in [0.4, 0.5) is 0 Å². The number of hydrogen-bond donors (Lipinski definition) is 0. The van der Waals surface area contributed by atoms with Crippen molar-refractivity contribution >= 4 is 32.7 Å². The minimum Gasteiger partial charge on any atom is -0.501 e. The van der Waals surface area contributed by atoms with Crippen LogP contribution in [0.2, 0.25) is 0 Å². The van der Waals surface area contributed by atoms with Crippen LogP contribution in [0.3, 0.4) is 0 Å². The van der Waals surface area contributed by atoms with Gasteiger partial charge in [0.05, 0.1) is 5.58 Å². The van der Waals surface area contributed by atoms with Crippen molar-refractivity contribution in [3.05, 3.63) is 120 Å². The van der Waals surface area contributed by atoms with Gasteiger partial charge in [0.15, 0.2) is 0 Å². The molecule has 4 heteroatoms. The Morgan fingerprint density at radius 2 is 1.39 bits per heavy atom. The van der Waals surface area contributed by atoms with Gasteiger partial charge in [0, 0.05) is 46.1 Å². The van der Waals surface area contributed by atoms with E-state index >= 15 is 0 Å². The molecular formula is C45H48IrN2O-2. The largest absolute Gasteiger partial charge is 0.501 e. The molecule has 0 atom stereocenters. The number of furan rings is 1. The van der Waals surface area contributed by atoms with E-state index in [0.29, 0.717) is 28.1 Å². The van der Waals surface area contributed by atoms with E-state index in [0.717, 1.165) is 43.8 Å².